The summed E-state index contributed by atoms with van der Waals surface area (Å²) in [5.74, 6) is -1.26. The van der Waals surface area contributed by atoms with Crippen LogP contribution in [0.1, 0.15) is 58.8 Å². The standard InChI is InChI=1S/C18H26O5/c1-3-5-6-12(4-2)15(19)9-7-13-14(8-10-18(22)23)17(21)11-16(13)20/h7,9,12,16,20H,3-6,8,10-11H2,1-2H3,(H,22,23). The van der Waals surface area contributed by atoms with Crippen LogP contribution in [0.4, 0.5) is 0 Å². The van der Waals surface area contributed by atoms with Crippen molar-refractivity contribution in [3.63, 3.8) is 0 Å². The fourth-order valence-corrected chi connectivity index (χ4v) is 2.80. The molecular weight excluding hydrogens is 296 g/mol. The third-order valence-electron chi connectivity index (χ3n) is 4.24. The molecule has 1 aliphatic rings. The van der Waals surface area contributed by atoms with Crippen LogP contribution in [0.5, 0.6) is 0 Å². The van der Waals surface area contributed by atoms with Gasteiger partial charge in [-0.15, -0.1) is 0 Å². The highest BCUT2D eigenvalue weighted by molar-refractivity contribution is 6.01. The first-order valence-corrected chi connectivity index (χ1v) is 8.28. The van der Waals surface area contributed by atoms with Crippen molar-refractivity contribution in [3.8, 4) is 0 Å². The van der Waals surface area contributed by atoms with Gasteiger partial charge in [0.25, 0.3) is 0 Å². The Balaban J connectivity index is 2.85. The third-order valence-corrected chi connectivity index (χ3v) is 4.24. The van der Waals surface area contributed by atoms with Gasteiger partial charge >= 0.3 is 5.97 Å². The summed E-state index contributed by atoms with van der Waals surface area (Å²) < 4.78 is 0. The first kappa shape index (κ1) is 19.3. The molecule has 5 nitrogen and oxygen atoms in total. The Morgan fingerprint density at radius 2 is 2.04 bits per heavy atom. The second-order valence-electron chi connectivity index (χ2n) is 5.95. The Hall–Kier alpha value is -1.75. The maximum atomic E-state index is 12.2. The van der Waals surface area contributed by atoms with Crippen LogP contribution < -0.4 is 0 Å². The summed E-state index contributed by atoms with van der Waals surface area (Å²) >= 11 is 0. The number of aliphatic hydroxyl groups excluding tert-OH is 1. The smallest absolute Gasteiger partial charge is 0.303 e. The number of ketones is 2. The summed E-state index contributed by atoms with van der Waals surface area (Å²) in [6.45, 7) is 4.05. The molecule has 0 fully saturated rings. The average Bonchev–Trinajstić information content (AvgIpc) is 2.77. The number of carboxylic acid groups (broad SMARTS) is 1. The summed E-state index contributed by atoms with van der Waals surface area (Å²) in [4.78, 5) is 34.8. The molecule has 0 heterocycles. The van der Waals surface area contributed by atoms with Gasteiger partial charge in [0.05, 0.1) is 6.10 Å². The van der Waals surface area contributed by atoms with Crippen molar-refractivity contribution in [2.24, 2.45) is 5.92 Å². The van der Waals surface area contributed by atoms with E-state index < -0.39 is 12.1 Å². The monoisotopic (exact) mass is 322 g/mol. The van der Waals surface area contributed by atoms with E-state index in [2.05, 4.69) is 6.92 Å². The number of aliphatic hydroxyl groups is 1. The van der Waals surface area contributed by atoms with E-state index in [4.69, 9.17) is 5.11 Å². The van der Waals surface area contributed by atoms with E-state index in [9.17, 15) is 19.5 Å². The van der Waals surface area contributed by atoms with Crippen molar-refractivity contribution >= 4 is 17.5 Å². The second-order valence-corrected chi connectivity index (χ2v) is 5.95. The summed E-state index contributed by atoms with van der Waals surface area (Å²) in [6, 6.07) is 0. The lowest BCUT2D eigenvalue weighted by Crippen LogP contribution is -2.11. The van der Waals surface area contributed by atoms with Crippen LogP contribution in [0.25, 0.3) is 0 Å². The molecule has 0 spiro atoms. The maximum Gasteiger partial charge on any atom is 0.303 e. The van der Waals surface area contributed by atoms with Crippen molar-refractivity contribution in [3.05, 3.63) is 23.3 Å². The lowest BCUT2D eigenvalue weighted by atomic mass is 9.93. The third kappa shape index (κ3) is 5.75. The van der Waals surface area contributed by atoms with Gasteiger partial charge in [0.15, 0.2) is 11.6 Å². The minimum absolute atomic E-state index is 0.00224. The van der Waals surface area contributed by atoms with E-state index in [1.807, 2.05) is 6.92 Å². The molecule has 0 aliphatic heterocycles. The van der Waals surface area contributed by atoms with E-state index >= 15 is 0 Å². The number of hydrogen-bond acceptors (Lipinski definition) is 4. The zero-order valence-corrected chi connectivity index (χ0v) is 13.9. The van der Waals surface area contributed by atoms with Crippen LogP contribution in [-0.2, 0) is 14.4 Å². The highest BCUT2D eigenvalue weighted by atomic mass is 16.4. The average molecular weight is 322 g/mol. The van der Waals surface area contributed by atoms with Gasteiger partial charge in [-0.25, -0.2) is 0 Å². The minimum Gasteiger partial charge on any atom is -0.481 e. The molecule has 1 aliphatic carbocycles. The van der Waals surface area contributed by atoms with E-state index in [1.54, 1.807) is 0 Å². The van der Waals surface area contributed by atoms with Crippen LogP contribution in [0, 0.1) is 5.92 Å². The molecule has 0 aromatic carbocycles. The van der Waals surface area contributed by atoms with Crippen molar-refractivity contribution < 1.29 is 24.6 Å². The van der Waals surface area contributed by atoms with E-state index in [-0.39, 0.29) is 36.7 Å². The van der Waals surface area contributed by atoms with Crippen LogP contribution in [0.3, 0.4) is 0 Å². The van der Waals surface area contributed by atoms with E-state index in [0.717, 1.165) is 25.7 Å². The Morgan fingerprint density at radius 3 is 2.61 bits per heavy atom. The van der Waals surface area contributed by atoms with Gasteiger partial charge in [0.1, 0.15) is 0 Å². The summed E-state index contributed by atoms with van der Waals surface area (Å²) in [5, 5.41) is 18.7. The zero-order chi connectivity index (χ0) is 17.4. The first-order valence-electron chi connectivity index (χ1n) is 8.28. The van der Waals surface area contributed by atoms with Crippen molar-refractivity contribution in [1.29, 1.82) is 0 Å². The number of carboxylic acids is 1. The molecule has 0 saturated heterocycles. The molecule has 23 heavy (non-hydrogen) atoms. The van der Waals surface area contributed by atoms with Crippen molar-refractivity contribution in [2.75, 3.05) is 0 Å². The summed E-state index contributed by atoms with van der Waals surface area (Å²) in [5.41, 5.74) is 0.737. The van der Waals surface area contributed by atoms with Crippen molar-refractivity contribution in [1.82, 2.24) is 0 Å². The number of unbranched alkanes of at least 4 members (excludes halogenated alkanes) is 1. The Morgan fingerprint density at radius 1 is 1.35 bits per heavy atom. The molecule has 0 bridgehead atoms. The van der Waals surface area contributed by atoms with Crippen LogP contribution in [0.15, 0.2) is 23.3 Å². The molecule has 1 rings (SSSR count). The Bertz CT molecular complexity index is 516. The Kier molecular flexibility index (Phi) is 7.89. The van der Waals surface area contributed by atoms with Crippen LogP contribution in [-0.4, -0.2) is 33.9 Å². The topological polar surface area (TPSA) is 91.7 Å². The fraction of sp³-hybridized carbons (Fsp3) is 0.611. The van der Waals surface area contributed by atoms with Gasteiger partial charge in [-0.3, -0.25) is 14.4 Å². The van der Waals surface area contributed by atoms with Gasteiger partial charge in [-0.05, 0) is 30.9 Å². The lowest BCUT2D eigenvalue weighted by Gasteiger charge is -2.10. The van der Waals surface area contributed by atoms with Gasteiger partial charge in [0, 0.05) is 24.3 Å². The number of allylic oxidation sites excluding steroid dienone is 2. The molecule has 0 aromatic rings. The molecule has 0 aromatic heterocycles. The lowest BCUT2D eigenvalue weighted by molar-refractivity contribution is -0.137. The normalized spacial score (nSPS) is 19.6. The molecule has 5 heteroatoms. The molecular formula is C18H26O5. The SMILES string of the molecule is CCCCC(CC)C(=O)C=CC1=C(CCC(=O)O)C(=O)CC1O. The first-order chi connectivity index (χ1) is 10.9. The minimum atomic E-state index is -0.989. The summed E-state index contributed by atoms with van der Waals surface area (Å²) in [7, 11) is 0. The van der Waals surface area contributed by atoms with Gasteiger partial charge < -0.3 is 10.2 Å². The number of hydrogen-bond donors (Lipinski definition) is 2. The van der Waals surface area contributed by atoms with Crippen LogP contribution >= 0.6 is 0 Å². The molecule has 128 valence electrons. The summed E-state index contributed by atoms with van der Waals surface area (Å²) in [6.07, 6.45) is 5.52. The largest absolute Gasteiger partial charge is 0.481 e. The molecule has 0 radical (unpaired) electrons. The molecule has 2 atom stereocenters. The predicted molar refractivity (Wildman–Crippen MR) is 87.0 cm³/mol. The quantitative estimate of drug-likeness (QED) is 0.603. The number of carbonyl (C=O) groups excluding carboxylic acids is 2. The van der Waals surface area contributed by atoms with E-state index in [0.29, 0.717) is 11.1 Å². The number of Topliss-reactive ketones (excluding diaryl/α,β-unsaturated/α-hetero) is 1. The maximum absolute atomic E-state index is 12.2. The molecule has 0 amide bonds. The molecule has 2 N–H and O–H groups in total. The number of carbonyl (C=O) groups is 3. The Labute approximate surface area is 137 Å². The number of aliphatic carboxylic acids is 1. The van der Waals surface area contributed by atoms with Crippen molar-refractivity contribution in [2.45, 2.75) is 64.9 Å². The van der Waals surface area contributed by atoms with Gasteiger partial charge in [-0.1, -0.05) is 32.8 Å². The molecule has 0 saturated carbocycles. The number of rotatable bonds is 10. The molecule has 2 unspecified atom stereocenters. The highest BCUT2D eigenvalue weighted by Crippen LogP contribution is 2.28. The highest BCUT2D eigenvalue weighted by Gasteiger charge is 2.29. The van der Waals surface area contributed by atoms with E-state index in [1.165, 1.54) is 12.2 Å². The van der Waals surface area contributed by atoms with Gasteiger partial charge in [0.2, 0.25) is 0 Å². The van der Waals surface area contributed by atoms with Crippen LogP contribution in [0.2, 0.25) is 0 Å². The predicted octanol–water partition coefficient (Wildman–Crippen LogP) is 2.82. The fourth-order valence-electron chi connectivity index (χ4n) is 2.80. The zero-order valence-electron chi connectivity index (χ0n) is 13.9. The second kappa shape index (κ2) is 9.40. The van der Waals surface area contributed by atoms with Gasteiger partial charge in [-0.2, -0.15) is 0 Å².